The summed E-state index contributed by atoms with van der Waals surface area (Å²) in [6, 6.07) is 14.8. The van der Waals surface area contributed by atoms with Gasteiger partial charge in [0.15, 0.2) is 11.5 Å². The predicted molar refractivity (Wildman–Crippen MR) is 90.6 cm³/mol. The lowest BCUT2D eigenvalue weighted by molar-refractivity contribution is -0.112. The second kappa shape index (κ2) is 6.88. The smallest absolute Gasteiger partial charge is 0.266 e. The number of anilines is 1. The Balaban J connectivity index is 1.77. The zero-order valence-electron chi connectivity index (χ0n) is 13.2. The number of ether oxygens (including phenoxy) is 2. The molecule has 1 amide bonds. The van der Waals surface area contributed by atoms with Gasteiger partial charge in [-0.05, 0) is 47.9 Å². The number of hydrogen-bond donors (Lipinski definition) is 1. The molecule has 0 saturated heterocycles. The van der Waals surface area contributed by atoms with Gasteiger partial charge in [0.25, 0.3) is 5.91 Å². The van der Waals surface area contributed by atoms with Gasteiger partial charge in [0.05, 0.1) is 0 Å². The zero-order valence-corrected chi connectivity index (χ0v) is 13.2. The number of nitrogens with zero attached hydrogens (tertiary/aromatic N) is 1. The highest BCUT2D eigenvalue weighted by molar-refractivity contribution is 6.09. The molecule has 1 heterocycles. The molecule has 0 aromatic heterocycles. The first-order valence-corrected chi connectivity index (χ1v) is 7.61. The molecule has 0 spiro atoms. The fourth-order valence-electron chi connectivity index (χ4n) is 2.34. The molecular formula is C19H16N2O3. The Morgan fingerprint density at radius 1 is 1.21 bits per heavy atom. The van der Waals surface area contributed by atoms with Gasteiger partial charge in [-0.25, -0.2) is 0 Å². The Bertz CT molecular complexity index is 833. The molecular weight excluding hydrogens is 304 g/mol. The maximum atomic E-state index is 12.3. The summed E-state index contributed by atoms with van der Waals surface area (Å²) in [6.07, 6.45) is 2.46. The van der Waals surface area contributed by atoms with Crippen molar-refractivity contribution < 1.29 is 14.3 Å². The average molecular weight is 320 g/mol. The van der Waals surface area contributed by atoms with E-state index in [1.807, 2.05) is 30.3 Å². The lowest BCUT2D eigenvalue weighted by atomic mass is 10.1. The topological polar surface area (TPSA) is 71.4 Å². The second-order valence-electron chi connectivity index (χ2n) is 5.29. The number of benzene rings is 2. The summed E-state index contributed by atoms with van der Waals surface area (Å²) in [5.74, 6) is 0.821. The van der Waals surface area contributed by atoms with E-state index in [4.69, 9.17) is 9.47 Å². The molecule has 0 unspecified atom stereocenters. The molecule has 24 heavy (non-hydrogen) atoms. The van der Waals surface area contributed by atoms with Crippen LogP contribution in [0.3, 0.4) is 0 Å². The number of amides is 1. The number of fused-ring (bicyclic) bond motifs is 1. The van der Waals surface area contributed by atoms with Crippen LogP contribution in [0.4, 0.5) is 5.69 Å². The Kier molecular flexibility index (Phi) is 4.48. The minimum atomic E-state index is -0.445. The minimum absolute atomic E-state index is 0.0217. The normalized spacial score (nSPS) is 12.6. The molecule has 5 heteroatoms. The Morgan fingerprint density at radius 3 is 2.67 bits per heavy atom. The molecule has 5 nitrogen and oxygen atoms in total. The van der Waals surface area contributed by atoms with E-state index < -0.39 is 5.91 Å². The van der Waals surface area contributed by atoms with Crippen molar-refractivity contribution in [2.24, 2.45) is 0 Å². The quantitative estimate of drug-likeness (QED) is 0.691. The lowest BCUT2D eigenvalue weighted by Crippen LogP contribution is -2.13. The predicted octanol–water partition coefficient (Wildman–Crippen LogP) is 3.52. The first-order chi connectivity index (χ1) is 11.7. The number of rotatable bonds is 4. The SMILES string of the molecule is CCc1ccc(NC(=O)/C(C#N)=C/c2ccc3c(c2)OCO3)cc1. The molecule has 2 aromatic carbocycles. The number of hydrogen-bond acceptors (Lipinski definition) is 4. The van der Waals surface area contributed by atoms with Gasteiger partial charge in [-0.1, -0.05) is 25.1 Å². The Labute approximate surface area is 140 Å². The molecule has 0 saturated carbocycles. The summed E-state index contributed by atoms with van der Waals surface area (Å²) in [5, 5.41) is 12.0. The fourth-order valence-corrected chi connectivity index (χ4v) is 2.34. The maximum absolute atomic E-state index is 12.3. The number of carbonyl (C=O) groups is 1. The van der Waals surface area contributed by atoms with E-state index in [0.717, 1.165) is 6.42 Å². The van der Waals surface area contributed by atoms with Crippen molar-refractivity contribution in [3.63, 3.8) is 0 Å². The number of carbonyl (C=O) groups excluding carboxylic acids is 1. The number of aryl methyl sites for hydroxylation is 1. The molecule has 0 bridgehead atoms. The van der Waals surface area contributed by atoms with Crippen LogP contribution < -0.4 is 14.8 Å². The van der Waals surface area contributed by atoms with Crippen LogP contribution in [0.25, 0.3) is 6.08 Å². The summed E-state index contributed by atoms with van der Waals surface area (Å²) < 4.78 is 10.5. The zero-order chi connectivity index (χ0) is 16.9. The van der Waals surface area contributed by atoms with Gasteiger partial charge in [0.2, 0.25) is 6.79 Å². The molecule has 120 valence electrons. The van der Waals surface area contributed by atoms with Crippen molar-refractivity contribution in [3.8, 4) is 17.6 Å². The van der Waals surface area contributed by atoms with E-state index in [2.05, 4.69) is 12.2 Å². The van der Waals surface area contributed by atoms with Crippen molar-refractivity contribution in [2.45, 2.75) is 13.3 Å². The molecule has 0 aliphatic carbocycles. The largest absolute Gasteiger partial charge is 0.454 e. The highest BCUT2D eigenvalue weighted by atomic mass is 16.7. The van der Waals surface area contributed by atoms with E-state index in [1.165, 1.54) is 11.6 Å². The van der Waals surface area contributed by atoms with Crippen molar-refractivity contribution in [1.82, 2.24) is 0 Å². The second-order valence-corrected chi connectivity index (χ2v) is 5.29. The van der Waals surface area contributed by atoms with Crippen LogP contribution in [-0.2, 0) is 11.2 Å². The first-order valence-electron chi connectivity index (χ1n) is 7.61. The van der Waals surface area contributed by atoms with Crippen molar-refractivity contribution >= 4 is 17.7 Å². The standard InChI is InChI=1S/C19H16N2O3/c1-2-13-3-6-16(7-4-13)21-19(22)15(11-20)9-14-5-8-17-18(10-14)24-12-23-17/h3-10H,2,12H2,1H3,(H,21,22)/b15-9+. The molecule has 2 aromatic rings. The average Bonchev–Trinajstić information content (AvgIpc) is 3.08. The van der Waals surface area contributed by atoms with Crippen LogP contribution in [0, 0.1) is 11.3 Å². The van der Waals surface area contributed by atoms with Gasteiger partial charge in [-0.15, -0.1) is 0 Å². The third kappa shape index (κ3) is 3.39. The van der Waals surface area contributed by atoms with E-state index in [-0.39, 0.29) is 12.4 Å². The minimum Gasteiger partial charge on any atom is -0.454 e. The summed E-state index contributed by atoms with van der Waals surface area (Å²) in [7, 11) is 0. The van der Waals surface area contributed by atoms with Gasteiger partial charge in [-0.2, -0.15) is 5.26 Å². The Morgan fingerprint density at radius 2 is 1.96 bits per heavy atom. The third-order valence-electron chi connectivity index (χ3n) is 3.69. The molecule has 1 aliphatic heterocycles. The number of nitriles is 1. The van der Waals surface area contributed by atoms with Crippen LogP contribution >= 0.6 is 0 Å². The fraction of sp³-hybridized carbons (Fsp3) is 0.158. The maximum Gasteiger partial charge on any atom is 0.266 e. The van der Waals surface area contributed by atoms with E-state index in [0.29, 0.717) is 22.7 Å². The lowest BCUT2D eigenvalue weighted by Gasteiger charge is -2.05. The van der Waals surface area contributed by atoms with Gasteiger partial charge in [-0.3, -0.25) is 4.79 Å². The van der Waals surface area contributed by atoms with E-state index >= 15 is 0 Å². The highest BCUT2D eigenvalue weighted by Gasteiger charge is 2.14. The van der Waals surface area contributed by atoms with Crippen molar-refractivity contribution in [1.29, 1.82) is 5.26 Å². The van der Waals surface area contributed by atoms with Crippen molar-refractivity contribution in [3.05, 3.63) is 59.2 Å². The van der Waals surface area contributed by atoms with Crippen LogP contribution in [0.2, 0.25) is 0 Å². The van der Waals surface area contributed by atoms with Crippen LogP contribution in [0.1, 0.15) is 18.1 Å². The molecule has 3 rings (SSSR count). The highest BCUT2D eigenvalue weighted by Crippen LogP contribution is 2.33. The van der Waals surface area contributed by atoms with Crippen LogP contribution in [0.5, 0.6) is 11.5 Å². The third-order valence-corrected chi connectivity index (χ3v) is 3.69. The Hall–Kier alpha value is -3.26. The summed E-state index contributed by atoms with van der Waals surface area (Å²) in [5.41, 5.74) is 2.56. The number of nitrogens with one attached hydrogen (secondary N) is 1. The molecule has 1 aliphatic rings. The molecule has 1 N–H and O–H groups in total. The van der Waals surface area contributed by atoms with Gasteiger partial charge in [0.1, 0.15) is 11.6 Å². The first kappa shape index (κ1) is 15.6. The van der Waals surface area contributed by atoms with Crippen molar-refractivity contribution in [2.75, 3.05) is 12.1 Å². The molecule has 0 radical (unpaired) electrons. The summed E-state index contributed by atoms with van der Waals surface area (Å²) >= 11 is 0. The van der Waals surface area contributed by atoms with Gasteiger partial charge < -0.3 is 14.8 Å². The van der Waals surface area contributed by atoms with Gasteiger partial charge >= 0.3 is 0 Å². The summed E-state index contributed by atoms with van der Waals surface area (Å²) in [4.78, 5) is 12.3. The summed E-state index contributed by atoms with van der Waals surface area (Å²) in [6.45, 7) is 2.25. The molecule has 0 atom stereocenters. The van der Waals surface area contributed by atoms with Crippen LogP contribution in [-0.4, -0.2) is 12.7 Å². The van der Waals surface area contributed by atoms with E-state index in [9.17, 15) is 10.1 Å². The van der Waals surface area contributed by atoms with Gasteiger partial charge in [0, 0.05) is 5.69 Å². The monoisotopic (exact) mass is 320 g/mol. The van der Waals surface area contributed by atoms with Crippen LogP contribution in [0.15, 0.2) is 48.0 Å². The molecule has 0 fully saturated rings. The van der Waals surface area contributed by atoms with E-state index in [1.54, 1.807) is 18.2 Å².